The number of nitrogens with zero attached hydrogens (tertiary/aromatic N) is 3. The van der Waals surface area contributed by atoms with Gasteiger partial charge in [0.2, 0.25) is 0 Å². The van der Waals surface area contributed by atoms with E-state index in [-0.39, 0.29) is 11.4 Å². The maximum absolute atomic E-state index is 13.5. The van der Waals surface area contributed by atoms with Gasteiger partial charge in [-0.25, -0.2) is 9.37 Å². The normalized spacial score (nSPS) is 14.8. The highest BCUT2D eigenvalue weighted by molar-refractivity contribution is 5.83. The quantitative estimate of drug-likeness (QED) is 0.682. The van der Waals surface area contributed by atoms with Gasteiger partial charge in [-0.05, 0) is 35.4 Å². The molecule has 0 unspecified atom stereocenters. The van der Waals surface area contributed by atoms with Crippen LogP contribution in [0.4, 0.5) is 4.39 Å². The first kappa shape index (κ1) is 16.7. The van der Waals surface area contributed by atoms with Gasteiger partial charge >= 0.3 is 0 Å². The molecule has 0 saturated heterocycles. The van der Waals surface area contributed by atoms with Gasteiger partial charge in [0.25, 0.3) is 5.56 Å². The van der Waals surface area contributed by atoms with Gasteiger partial charge in [-0.15, -0.1) is 6.58 Å². The van der Waals surface area contributed by atoms with Crippen LogP contribution < -0.4 is 5.56 Å². The standard InChI is InChI=1S/C21H20FN3O/c1-2-9-24-10-8-20-23-19-14-16(15-4-3-5-17(22)13-15)6-7-18(19)21(26)25(20)12-11-24/h2-7,13-14H,1,8-12H2. The van der Waals surface area contributed by atoms with Crippen molar-refractivity contribution in [2.75, 3.05) is 19.6 Å². The van der Waals surface area contributed by atoms with E-state index < -0.39 is 0 Å². The van der Waals surface area contributed by atoms with Crippen LogP contribution in [0.3, 0.4) is 0 Å². The minimum atomic E-state index is -0.278. The van der Waals surface area contributed by atoms with Crippen molar-refractivity contribution in [3.63, 3.8) is 0 Å². The molecule has 3 aromatic rings. The molecule has 2 aromatic carbocycles. The highest BCUT2D eigenvalue weighted by Crippen LogP contribution is 2.23. The van der Waals surface area contributed by atoms with Gasteiger partial charge in [-0.3, -0.25) is 14.3 Å². The van der Waals surface area contributed by atoms with E-state index in [0.29, 0.717) is 17.4 Å². The van der Waals surface area contributed by atoms with E-state index >= 15 is 0 Å². The van der Waals surface area contributed by atoms with Crippen molar-refractivity contribution in [2.24, 2.45) is 0 Å². The first-order valence-corrected chi connectivity index (χ1v) is 8.78. The molecule has 1 aliphatic rings. The van der Waals surface area contributed by atoms with Crippen LogP contribution in [0.25, 0.3) is 22.0 Å². The maximum Gasteiger partial charge on any atom is 0.261 e. The largest absolute Gasteiger partial charge is 0.297 e. The highest BCUT2D eigenvalue weighted by Gasteiger charge is 2.17. The maximum atomic E-state index is 13.5. The Hall–Kier alpha value is -2.79. The lowest BCUT2D eigenvalue weighted by Gasteiger charge is -2.16. The SMILES string of the molecule is C=CCN1CCc2nc3cc(-c4cccc(F)c4)ccc3c(=O)n2CC1. The minimum absolute atomic E-state index is 0.00348. The van der Waals surface area contributed by atoms with Gasteiger partial charge in [-0.2, -0.15) is 0 Å². The number of hydrogen-bond acceptors (Lipinski definition) is 3. The monoisotopic (exact) mass is 349 g/mol. The second-order valence-corrected chi connectivity index (χ2v) is 6.57. The molecule has 0 fully saturated rings. The van der Waals surface area contributed by atoms with Crippen molar-refractivity contribution in [3.05, 3.63) is 77.1 Å². The number of aromatic nitrogens is 2. The lowest BCUT2D eigenvalue weighted by molar-refractivity contribution is 0.309. The molecule has 0 N–H and O–H groups in total. The Morgan fingerprint density at radius 3 is 2.77 bits per heavy atom. The van der Waals surface area contributed by atoms with Crippen molar-refractivity contribution in [3.8, 4) is 11.1 Å². The highest BCUT2D eigenvalue weighted by atomic mass is 19.1. The molecule has 1 aromatic heterocycles. The van der Waals surface area contributed by atoms with Crippen molar-refractivity contribution in [1.29, 1.82) is 0 Å². The fraction of sp³-hybridized carbons (Fsp3) is 0.238. The summed E-state index contributed by atoms with van der Waals surface area (Å²) in [7, 11) is 0. The van der Waals surface area contributed by atoms with Gasteiger partial charge in [0.05, 0.1) is 10.9 Å². The van der Waals surface area contributed by atoms with Gasteiger partial charge in [0.15, 0.2) is 0 Å². The van der Waals surface area contributed by atoms with Crippen LogP contribution in [0, 0.1) is 5.82 Å². The Labute approximate surface area is 151 Å². The molecular formula is C21H20FN3O. The summed E-state index contributed by atoms with van der Waals surface area (Å²) in [6.07, 6.45) is 2.61. The van der Waals surface area contributed by atoms with E-state index in [0.717, 1.165) is 43.0 Å². The third kappa shape index (κ3) is 3.06. The van der Waals surface area contributed by atoms with E-state index in [4.69, 9.17) is 4.98 Å². The second kappa shape index (κ2) is 6.84. The Bertz CT molecular complexity index is 1040. The van der Waals surface area contributed by atoms with Crippen molar-refractivity contribution >= 4 is 10.9 Å². The van der Waals surface area contributed by atoms with Crippen LogP contribution in [0.15, 0.2) is 59.9 Å². The Balaban J connectivity index is 1.79. The summed E-state index contributed by atoms with van der Waals surface area (Å²) in [6.45, 7) is 6.90. The average molecular weight is 349 g/mol. The lowest BCUT2D eigenvalue weighted by atomic mass is 10.0. The fourth-order valence-electron chi connectivity index (χ4n) is 3.51. The summed E-state index contributed by atoms with van der Waals surface area (Å²) in [5, 5.41) is 0.603. The van der Waals surface area contributed by atoms with Gasteiger partial charge in [0.1, 0.15) is 11.6 Å². The average Bonchev–Trinajstić information content (AvgIpc) is 2.85. The predicted octanol–water partition coefficient (Wildman–Crippen LogP) is 3.25. The summed E-state index contributed by atoms with van der Waals surface area (Å²) in [6, 6.07) is 12.0. The first-order valence-electron chi connectivity index (χ1n) is 8.78. The number of benzene rings is 2. The Morgan fingerprint density at radius 1 is 1.12 bits per heavy atom. The van der Waals surface area contributed by atoms with E-state index in [9.17, 15) is 9.18 Å². The molecule has 132 valence electrons. The number of fused-ring (bicyclic) bond motifs is 2. The molecule has 5 heteroatoms. The second-order valence-electron chi connectivity index (χ2n) is 6.57. The molecule has 1 aliphatic heterocycles. The molecule has 26 heavy (non-hydrogen) atoms. The van der Waals surface area contributed by atoms with Gasteiger partial charge < -0.3 is 0 Å². The molecule has 0 atom stereocenters. The third-order valence-corrected chi connectivity index (χ3v) is 4.87. The smallest absolute Gasteiger partial charge is 0.261 e. The predicted molar refractivity (Wildman–Crippen MR) is 102 cm³/mol. The molecule has 0 spiro atoms. The molecule has 2 heterocycles. The van der Waals surface area contributed by atoms with Crippen LogP contribution in [-0.4, -0.2) is 34.1 Å². The summed E-state index contributed by atoms with van der Waals surface area (Å²) < 4.78 is 15.3. The van der Waals surface area contributed by atoms with Crippen LogP contribution >= 0.6 is 0 Å². The zero-order valence-electron chi connectivity index (χ0n) is 14.5. The number of rotatable bonds is 3. The molecular weight excluding hydrogens is 329 g/mol. The zero-order chi connectivity index (χ0) is 18.1. The summed E-state index contributed by atoms with van der Waals surface area (Å²) in [5.41, 5.74) is 2.30. The lowest BCUT2D eigenvalue weighted by Crippen LogP contribution is -2.29. The molecule has 0 saturated carbocycles. The van der Waals surface area contributed by atoms with Crippen LogP contribution in [0.5, 0.6) is 0 Å². The Kier molecular flexibility index (Phi) is 4.39. The number of hydrogen-bond donors (Lipinski definition) is 0. The van der Waals surface area contributed by atoms with E-state index in [1.807, 2.05) is 24.3 Å². The van der Waals surface area contributed by atoms with Crippen LogP contribution in [0.1, 0.15) is 5.82 Å². The summed E-state index contributed by atoms with van der Waals surface area (Å²) in [5.74, 6) is 0.533. The van der Waals surface area contributed by atoms with E-state index in [1.54, 1.807) is 16.7 Å². The first-order chi connectivity index (χ1) is 12.7. The minimum Gasteiger partial charge on any atom is -0.297 e. The van der Waals surface area contributed by atoms with Gasteiger partial charge in [0, 0.05) is 32.6 Å². The van der Waals surface area contributed by atoms with E-state index in [1.165, 1.54) is 12.1 Å². The van der Waals surface area contributed by atoms with Crippen molar-refractivity contribution in [2.45, 2.75) is 13.0 Å². The Morgan fingerprint density at radius 2 is 1.96 bits per heavy atom. The fourth-order valence-corrected chi connectivity index (χ4v) is 3.51. The molecule has 4 rings (SSSR count). The van der Waals surface area contributed by atoms with Crippen molar-refractivity contribution in [1.82, 2.24) is 14.5 Å². The molecule has 0 bridgehead atoms. The summed E-state index contributed by atoms with van der Waals surface area (Å²) >= 11 is 0. The molecule has 4 nitrogen and oxygen atoms in total. The van der Waals surface area contributed by atoms with Crippen LogP contribution in [-0.2, 0) is 13.0 Å². The molecule has 0 amide bonds. The van der Waals surface area contributed by atoms with Gasteiger partial charge in [-0.1, -0.05) is 24.3 Å². The van der Waals surface area contributed by atoms with Crippen LogP contribution in [0.2, 0.25) is 0 Å². The topological polar surface area (TPSA) is 38.1 Å². The molecule has 0 radical (unpaired) electrons. The zero-order valence-corrected chi connectivity index (χ0v) is 14.5. The number of halogens is 1. The van der Waals surface area contributed by atoms with E-state index in [2.05, 4.69) is 11.5 Å². The summed E-state index contributed by atoms with van der Waals surface area (Å²) in [4.78, 5) is 19.9. The molecule has 0 aliphatic carbocycles. The third-order valence-electron chi connectivity index (χ3n) is 4.87. The van der Waals surface area contributed by atoms with Crippen molar-refractivity contribution < 1.29 is 4.39 Å².